The molecular formula is C17H21NO3S. The number of sulfonamides is 1. The molecule has 0 spiro atoms. The Labute approximate surface area is 132 Å². The molecule has 0 fully saturated rings. The highest BCUT2D eigenvalue weighted by Gasteiger charge is 2.30. The molecule has 0 aromatic heterocycles. The second-order valence-corrected chi connectivity index (χ2v) is 7.43. The molecule has 4 nitrogen and oxygen atoms in total. The number of aryl methyl sites for hydroxylation is 1. The monoisotopic (exact) mass is 319 g/mol. The van der Waals surface area contributed by atoms with Gasteiger partial charge in [0.25, 0.3) is 0 Å². The van der Waals surface area contributed by atoms with Gasteiger partial charge in [-0.2, -0.15) is 4.31 Å². The van der Waals surface area contributed by atoms with Crippen LogP contribution in [-0.4, -0.2) is 30.9 Å². The number of benzene rings is 2. The molecule has 22 heavy (non-hydrogen) atoms. The zero-order chi connectivity index (χ0) is 16.3. The van der Waals surface area contributed by atoms with Crippen molar-refractivity contribution < 1.29 is 13.5 Å². The Morgan fingerprint density at radius 3 is 2.09 bits per heavy atom. The second kappa shape index (κ2) is 6.60. The van der Waals surface area contributed by atoms with E-state index < -0.39 is 22.2 Å². The molecule has 0 aliphatic rings. The van der Waals surface area contributed by atoms with Crippen molar-refractivity contribution in [2.75, 3.05) is 7.05 Å². The average Bonchev–Trinajstić information content (AvgIpc) is 2.54. The predicted molar refractivity (Wildman–Crippen MR) is 87.0 cm³/mol. The molecule has 2 rings (SSSR count). The molecule has 0 aliphatic carbocycles. The van der Waals surface area contributed by atoms with E-state index in [9.17, 15) is 13.5 Å². The zero-order valence-electron chi connectivity index (χ0n) is 13.0. The average molecular weight is 319 g/mol. The zero-order valence-corrected chi connectivity index (χ0v) is 13.8. The Kier molecular flexibility index (Phi) is 5.01. The summed E-state index contributed by atoms with van der Waals surface area (Å²) in [5.74, 6) is 0. The molecular weight excluding hydrogens is 298 g/mol. The number of likely N-dealkylation sites (N-methyl/N-ethyl adjacent to an activating group) is 1. The molecule has 2 aromatic carbocycles. The summed E-state index contributed by atoms with van der Waals surface area (Å²) in [6.07, 6.45) is -0.883. The summed E-state index contributed by atoms with van der Waals surface area (Å²) in [6, 6.07) is 15.2. The highest BCUT2D eigenvalue weighted by molar-refractivity contribution is 7.89. The first-order valence-corrected chi connectivity index (χ1v) is 8.56. The number of hydrogen-bond acceptors (Lipinski definition) is 3. The first-order valence-electron chi connectivity index (χ1n) is 7.12. The van der Waals surface area contributed by atoms with Gasteiger partial charge in [-0.3, -0.25) is 0 Å². The van der Waals surface area contributed by atoms with E-state index in [0.29, 0.717) is 5.56 Å². The molecule has 5 heteroatoms. The molecule has 2 aromatic rings. The summed E-state index contributed by atoms with van der Waals surface area (Å²) in [5.41, 5.74) is 1.69. The van der Waals surface area contributed by atoms with Gasteiger partial charge < -0.3 is 5.11 Å². The minimum atomic E-state index is -3.63. The van der Waals surface area contributed by atoms with Crippen molar-refractivity contribution in [2.24, 2.45) is 0 Å². The van der Waals surface area contributed by atoms with Crippen LogP contribution in [0, 0.1) is 6.92 Å². The van der Waals surface area contributed by atoms with E-state index in [1.807, 2.05) is 25.1 Å². The van der Waals surface area contributed by atoms with Crippen LogP contribution in [0.5, 0.6) is 0 Å². The van der Waals surface area contributed by atoms with Gasteiger partial charge in [0.2, 0.25) is 10.0 Å². The van der Waals surface area contributed by atoms with E-state index in [0.717, 1.165) is 5.56 Å². The van der Waals surface area contributed by atoms with Crippen molar-refractivity contribution in [3.05, 3.63) is 65.7 Å². The first kappa shape index (κ1) is 16.7. The maximum Gasteiger partial charge on any atom is 0.243 e. The van der Waals surface area contributed by atoms with E-state index in [4.69, 9.17) is 0 Å². The molecule has 118 valence electrons. The van der Waals surface area contributed by atoms with E-state index >= 15 is 0 Å². The van der Waals surface area contributed by atoms with Crippen LogP contribution in [0.3, 0.4) is 0 Å². The van der Waals surface area contributed by atoms with Crippen molar-refractivity contribution >= 4 is 10.0 Å². The van der Waals surface area contributed by atoms with Gasteiger partial charge in [0, 0.05) is 7.05 Å². The number of rotatable bonds is 5. The molecule has 0 saturated heterocycles. The van der Waals surface area contributed by atoms with Crippen molar-refractivity contribution in [1.82, 2.24) is 4.31 Å². The van der Waals surface area contributed by atoms with Crippen LogP contribution in [-0.2, 0) is 10.0 Å². The molecule has 0 bridgehead atoms. The third kappa shape index (κ3) is 3.38. The lowest BCUT2D eigenvalue weighted by molar-refractivity contribution is 0.108. The highest BCUT2D eigenvalue weighted by atomic mass is 32.2. The van der Waals surface area contributed by atoms with Gasteiger partial charge >= 0.3 is 0 Å². The van der Waals surface area contributed by atoms with Crippen LogP contribution in [0.1, 0.15) is 24.2 Å². The smallest absolute Gasteiger partial charge is 0.243 e. The minimum Gasteiger partial charge on any atom is -0.387 e. The van der Waals surface area contributed by atoms with E-state index in [1.54, 1.807) is 43.3 Å². The van der Waals surface area contributed by atoms with Crippen molar-refractivity contribution in [3.8, 4) is 0 Å². The van der Waals surface area contributed by atoms with Gasteiger partial charge in [-0.05, 0) is 31.5 Å². The quantitative estimate of drug-likeness (QED) is 0.922. The number of aliphatic hydroxyl groups is 1. The molecule has 0 heterocycles. The Morgan fingerprint density at radius 1 is 1.00 bits per heavy atom. The summed E-state index contributed by atoms with van der Waals surface area (Å²) in [5, 5.41) is 10.4. The van der Waals surface area contributed by atoms with Crippen LogP contribution in [0.2, 0.25) is 0 Å². The lowest BCUT2D eigenvalue weighted by Gasteiger charge is -2.28. The number of aliphatic hydroxyl groups excluding tert-OH is 1. The molecule has 2 atom stereocenters. The Morgan fingerprint density at radius 2 is 1.55 bits per heavy atom. The number of hydrogen-bond donors (Lipinski definition) is 1. The summed E-state index contributed by atoms with van der Waals surface area (Å²) in [6.45, 7) is 3.60. The van der Waals surface area contributed by atoms with E-state index in [1.165, 1.54) is 11.4 Å². The van der Waals surface area contributed by atoms with Gasteiger partial charge in [0.1, 0.15) is 0 Å². The maximum atomic E-state index is 12.6. The maximum absolute atomic E-state index is 12.6. The van der Waals surface area contributed by atoms with Crippen molar-refractivity contribution in [1.29, 1.82) is 0 Å². The standard InChI is InChI=1S/C17H21NO3S/c1-13-9-11-16(12-10-13)22(20,21)18(3)14(2)17(19)15-7-5-4-6-8-15/h4-12,14,17,19H,1-3H3/t14-,17?/m0/s1. The predicted octanol–water partition coefficient (Wildman–Crippen LogP) is 2.74. The van der Waals surface area contributed by atoms with Crippen LogP contribution >= 0.6 is 0 Å². The molecule has 0 saturated carbocycles. The fourth-order valence-corrected chi connectivity index (χ4v) is 3.59. The molecule has 1 N–H and O–H groups in total. The fourth-order valence-electron chi connectivity index (χ4n) is 2.22. The first-order chi connectivity index (χ1) is 10.3. The number of nitrogens with zero attached hydrogens (tertiary/aromatic N) is 1. The highest BCUT2D eigenvalue weighted by Crippen LogP contribution is 2.25. The third-order valence-electron chi connectivity index (χ3n) is 3.87. The Bertz CT molecular complexity index is 711. The lowest BCUT2D eigenvalue weighted by atomic mass is 10.0. The van der Waals surface area contributed by atoms with E-state index in [2.05, 4.69) is 0 Å². The van der Waals surface area contributed by atoms with Crippen LogP contribution in [0.25, 0.3) is 0 Å². The lowest BCUT2D eigenvalue weighted by Crippen LogP contribution is -2.39. The second-order valence-electron chi connectivity index (χ2n) is 5.43. The molecule has 0 aliphatic heterocycles. The van der Waals surface area contributed by atoms with E-state index in [-0.39, 0.29) is 4.90 Å². The summed E-state index contributed by atoms with van der Waals surface area (Å²) in [4.78, 5) is 0.229. The summed E-state index contributed by atoms with van der Waals surface area (Å²) >= 11 is 0. The van der Waals surface area contributed by atoms with Crippen molar-refractivity contribution in [3.63, 3.8) is 0 Å². The van der Waals surface area contributed by atoms with Gasteiger partial charge in [-0.25, -0.2) is 8.42 Å². The van der Waals surface area contributed by atoms with Crippen molar-refractivity contribution in [2.45, 2.75) is 30.9 Å². The minimum absolute atomic E-state index is 0.229. The molecule has 0 amide bonds. The van der Waals surface area contributed by atoms with Gasteiger partial charge in [0.15, 0.2) is 0 Å². The summed E-state index contributed by atoms with van der Waals surface area (Å²) in [7, 11) is -2.14. The Balaban J connectivity index is 2.26. The summed E-state index contributed by atoms with van der Waals surface area (Å²) < 4.78 is 26.5. The topological polar surface area (TPSA) is 57.6 Å². The largest absolute Gasteiger partial charge is 0.387 e. The molecule has 0 radical (unpaired) electrons. The van der Waals surface area contributed by atoms with Crippen LogP contribution < -0.4 is 0 Å². The normalized spacial score (nSPS) is 14.8. The molecule has 1 unspecified atom stereocenters. The SMILES string of the molecule is Cc1ccc(S(=O)(=O)N(C)[C@@H](C)C(O)c2ccccc2)cc1. The third-order valence-corrected chi connectivity index (χ3v) is 5.83. The van der Waals surface area contributed by atoms with Gasteiger partial charge in [-0.15, -0.1) is 0 Å². The van der Waals surface area contributed by atoms with Crippen LogP contribution in [0.15, 0.2) is 59.5 Å². The van der Waals surface area contributed by atoms with Crippen LogP contribution in [0.4, 0.5) is 0 Å². The van der Waals surface area contributed by atoms with Gasteiger partial charge in [-0.1, -0.05) is 48.0 Å². The van der Waals surface area contributed by atoms with Gasteiger partial charge in [0.05, 0.1) is 17.0 Å². The Hall–Kier alpha value is -1.69. The fraction of sp³-hybridized carbons (Fsp3) is 0.294.